The van der Waals surface area contributed by atoms with Crippen LogP contribution in [-0.2, 0) is 6.42 Å². The number of hydrogen-bond donors (Lipinski definition) is 1. The summed E-state index contributed by atoms with van der Waals surface area (Å²) in [7, 11) is 0. The average molecular weight is 401 g/mol. The Bertz CT molecular complexity index is 1240. The van der Waals surface area contributed by atoms with Crippen LogP contribution in [0.25, 0.3) is 10.9 Å². The number of benzene rings is 1. The summed E-state index contributed by atoms with van der Waals surface area (Å²) in [6, 6.07) is 10.2. The van der Waals surface area contributed by atoms with Crippen LogP contribution in [0.4, 0.5) is 11.9 Å². The zero-order chi connectivity index (χ0) is 20.0. The molecule has 144 valence electrons. The number of thiophene rings is 1. The second-order valence-corrected chi connectivity index (χ2v) is 8.31. The van der Waals surface area contributed by atoms with Crippen molar-refractivity contribution in [1.82, 2.24) is 19.9 Å². The molecule has 7 heteroatoms. The van der Waals surface area contributed by atoms with Gasteiger partial charge in [-0.1, -0.05) is 24.3 Å². The predicted molar refractivity (Wildman–Crippen MR) is 114 cm³/mol. The Morgan fingerprint density at radius 2 is 1.93 bits per heavy atom. The number of hydrogen-bond acceptors (Lipinski definition) is 7. The summed E-state index contributed by atoms with van der Waals surface area (Å²) < 4.78 is 0. The second kappa shape index (κ2) is 7.00. The van der Waals surface area contributed by atoms with Gasteiger partial charge in [0.2, 0.25) is 11.9 Å². The van der Waals surface area contributed by atoms with E-state index in [2.05, 4.69) is 31.3 Å². The molecule has 6 nitrogen and oxygen atoms in total. The minimum Gasteiger partial charge on any atom is -0.294 e. The van der Waals surface area contributed by atoms with Gasteiger partial charge in [0, 0.05) is 28.8 Å². The van der Waals surface area contributed by atoms with Gasteiger partial charge >= 0.3 is 0 Å². The molecule has 0 saturated heterocycles. The van der Waals surface area contributed by atoms with E-state index in [-0.39, 0.29) is 11.7 Å². The Kier molecular flexibility index (Phi) is 4.32. The monoisotopic (exact) mass is 401 g/mol. The predicted octanol–water partition coefficient (Wildman–Crippen LogP) is 4.75. The van der Waals surface area contributed by atoms with Crippen LogP contribution in [0.5, 0.6) is 0 Å². The van der Waals surface area contributed by atoms with Gasteiger partial charge in [-0.2, -0.15) is 0 Å². The highest BCUT2D eigenvalue weighted by Gasteiger charge is 2.28. The third-order valence-corrected chi connectivity index (χ3v) is 6.36. The minimum absolute atomic E-state index is 0.102. The van der Waals surface area contributed by atoms with Crippen LogP contribution in [0.1, 0.15) is 44.5 Å². The highest BCUT2D eigenvalue weighted by Crippen LogP contribution is 2.34. The fourth-order valence-corrected chi connectivity index (χ4v) is 4.67. The SMILES string of the molecule is Cc1nc(Nc2ncc3c(n2)C[C@@H](c2cccs2)CC3=O)nc2c(C)cccc12. The number of para-hydroxylation sites is 1. The first-order valence-corrected chi connectivity index (χ1v) is 10.4. The molecule has 29 heavy (non-hydrogen) atoms. The minimum atomic E-state index is 0.102. The van der Waals surface area contributed by atoms with Gasteiger partial charge in [0.25, 0.3) is 0 Å². The van der Waals surface area contributed by atoms with E-state index in [4.69, 9.17) is 0 Å². The molecule has 1 aliphatic rings. The number of ketones is 1. The Labute approximate surface area is 172 Å². The number of aromatic nitrogens is 4. The number of nitrogens with zero attached hydrogens (tertiary/aromatic N) is 4. The number of Topliss-reactive ketones (excluding diaryl/α,β-unsaturated/α-hetero) is 1. The lowest BCUT2D eigenvalue weighted by atomic mass is 9.86. The van der Waals surface area contributed by atoms with Crippen LogP contribution in [0.3, 0.4) is 0 Å². The first-order valence-electron chi connectivity index (χ1n) is 9.52. The van der Waals surface area contributed by atoms with Gasteiger partial charge < -0.3 is 0 Å². The molecule has 0 fully saturated rings. The summed E-state index contributed by atoms with van der Waals surface area (Å²) in [4.78, 5) is 32.0. The summed E-state index contributed by atoms with van der Waals surface area (Å²) in [5.41, 5.74) is 4.30. The molecular weight excluding hydrogens is 382 g/mol. The quantitative estimate of drug-likeness (QED) is 0.533. The lowest BCUT2D eigenvalue weighted by Crippen LogP contribution is -2.20. The summed E-state index contributed by atoms with van der Waals surface area (Å²) in [6.45, 7) is 4.00. The van der Waals surface area contributed by atoms with Crippen LogP contribution in [-0.4, -0.2) is 25.7 Å². The number of rotatable bonds is 3. The zero-order valence-corrected chi connectivity index (χ0v) is 17.0. The normalized spacial score (nSPS) is 16.1. The zero-order valence-electron chi connectivity index (χ0n) is 16.1. The van der Waals surface area contributed by atoms with Crippen LogP contribution in [0.15, 0.2) is 41.9 Å². The largest absolute Gasteiger partial charge is 0.294 e. The van der Waals surface area contributed by atoms with Crippen molar-refractivity contribution in [3.8, 4) is 0 Å². The molecule has 1 atom stereocenters. The van der Waals surface area contributed by atoms with Gasteiger partial charge in [-0.15, -0.1) is 11.3 Å². The molecule has 0 bridgehead atoms. The number of aryl methyl sites for hydroxylation is 2. The highest BCUT2D eigenvalue weighted by atomic mass is 32.1. The third kappa shape index (κ3) is 3.27. The molecule has 3 heterocycles. The Morgan fingerprint density at radius 3 is 2.76 bits per heavy atom. The van der Waals surface area contributed by atoms with E-state index in [1.54, 1.807) is 17.5 Å². The molecule has 4 aromatic rings. The van der Waals surface area contributed by atoms with Crippen molar-refractivity contribution in [2.24, 2.45) is 0 Å². The maximum absolute atomic E-state index is 12.6. The van der Waals surface area contributed by atoms with E-state index < -0.39 is 0 Å². The Balaban J connectivity index is 1.48. The molecule has 3 aromatic heterocycles. The van der Waals surface area contributed by atoms with Crippen LogP contribution in [0, 0.1) is 13.8 Å². The summed E-state index contributed by atoms with van der Waals surface area (Å²) in [5, 5.41) is 6.20. The molecular formula is C22H19N5OS. The van der Waals surface area contributed by atoms with E-state index >= 15 is 0 Å². The van der Waals surface area contributed by atoms with Crippen molar-refractivity contribution in [2.45, 2.75) is 32.6 Å². The Morgan fingerprint density at radius 1 is 1.03 bits per heavy atom. The van der Waals surface area contributed by atoms with E-state index in [1.807, 2.05) is 43.5 Å². The maximum atomic E-state index is 12.6. The van der Waals surface area contributed by atoms with Crippen LogP contribution in [0.2, 0.25) is 0 Å². The van der Waals surface area contributed by atoms with Gasteiger partial charge in [0.05, 0.1) is 22.5 Å². The standard InChI is InChI=1S/C22H19N5OS/c1-12-5-3-6-15-13(2)24-22(26-20(12)15)27-21-23-11-16-17(25-21)9-14(10-18(16)28)19-7-4-8-29-19/h3-8,11,14H,9-10H2,1-2H3,(H,23,24,25,26,27)/t14-/m1/s1. The van der Waals surface area contributed by atoms with Gasteiger partial charge in [0.1, 0.15) is 0 Å². The fraction of sp³-hybridized carbons (Fsp3) is 0.227. The number of nitrogens with one attached hydrogen (secondary N) is 1. The molecule has 1 N–H and O–H groups in total. The van der Waals surface area contributed by atoms with E-state index in [9.17, 15) is 4.79 Å². The van der Waals surface area contributed by atoms with E-state index in [0.717, 1.165) is 34.3 Å². The van der Waals surface area contributed by atoms with E-state index in [1.165, 1.54) is 4.88 Å². The third-order valence-electron chi connectivity index (χ3n) is 5.33. The van der Waals surface area contributed by atoms with E-state index in [0.29, 0.717) is 23.9 Å². The summed E-state index contributed by atoms with van der Waals surface area (Å²) in [6.07, 6.45) is 2.86. The number of fused-ring (bicyclic) bond motifs is 2. The van der Waals surface area contributed by atoms with Crippen molar-refractivity contribution >= 4 is 39.9 Å². The number of carbonyl (C=O) groups is 1. The number of carbonyl (C=O) groups excluding carboxylic acids is 1. The molecule has 5 rings (SSSR count). The molecule has 1 aromatic carbocycles. The van der Waals surface area contributed by atoms with Gasteiger partial charge in [-0.3, -0.25) is 10.1 Å². The molecule has 0 unspecified atom stereocenters. The summed E-state index contributed by atoms with van der Waals surface area (Å²) >= 11 is 1.69. The van der Waals surface area contributed by atoms with Crippen molar-refractivity contribution in [3.05, 3.63) is 69.3 Å². The van der Waals surface area contributed by atoms with Crippen molar-refractivity contribution < 1.29 is 4.79 Å². The van der Waals surface area contributed by atoms with Crippen molar-refractivity contribution in [1.29, 1.82) is 0 Å². The van der Waals surface area contributed by atoms with Gasteiger partial charge in [0.15, 0.2) is 5.78 Å². The first kappa shape index (κ1) is 17.9. The van der Waals surface area contributed by atoms with Crippen molar-refractivity contribution in [2.75, 3.05) is 5.32 Å². The van der Waals surface area contributed by atoms with Crippen molar-refractivity contribution in [3.63, 3.8) is 0 Å². The molecule has 0 radical (unpaired) electrons. The maximum Gasteiger partial charge on any atom is 0.230 e. The summed E-state index contributed by atoms with van der Waals surface area (Å²) in [5.74, 6) is 1.15. The fourth-order valence-electron chi connectivity index (χ4n) is 3.84. The number of anilines is 2. The molecule has 1 aliphatic carbocycles. The van der Waals surface area contributed by atoms with Gasteiger partial charge in [-0.05, 0) is 37.3 Å². The first-order chi connectivity index (χ1) is 14.1. The lowest BCUT2D eigenvalue weighted by molar-refractivity contribution is 0.0963. The molecule has 0 amide bonds. The molecule has 0 saturated carbocycles. The molecule has 0 spiro atoms. The van der Waals surface area contributed by atoms with Crippen LogP contribution < -0.4 is 5.32 Å². The van der Waals surface area contributed by atoms with Crippen LogP contribution >= 0.6 is 11.3 Å². The molecule has 0 aliphatic heterocycles. The lowest BCUT2D eigenvalue weighted by Gasteiger charge is -2.22. The highest BCUT2D eigenvalue weighted by molar-refractivity contribution is 7.10. The second-order valence-electron chi connectivity index (χ2n) is 7.33. The van der Waals surface area contributed by atoms with Gasteiger partial charge in [-0.25, -0.2) is 19.9 Å². The smallest absolute Gasteiger partial charge is 0.230 e. The Hall–Kier alpha value is -3.19. The topological polar surface area (TPSA) is 80.7 Å². The average Bonchev–Trinajstić information content (AvgIpc) is 3.23.